The van der Waals surface area contributed by atoms with Crippen molar-refractivity contribution < 1.29 is 9.53 Å². The number of nitrogens with zero attached hydrogens (tertiary/aromatic N) is 1. The van der Waals surface area contributed by atoms with E-state index in [0.29, 0.717) is 18.4 Å². The number of guanidine groups is 1. The van der Waals surface area contributed by atoms with E-state index in [0.717, 1.165) is 23.6 Å². The highest BCUT2D eigenvalue weighted by Gasteiger charge is 2.22. The fourth-order valence-electron chi connectivity index (χ4n) is 2.57. The van der Waals surface area contributed by atoms with Gasteiger partial charge in [-0.1, -0.05) is 36.4 Å². The summed E-state index contributed by atoms with van der Waals surface area (Å²) in [5.74, 6) is 2.05. The highest BCUT2D eigenvalue weighted by Crippen LogP contribution is 2.30. The number of ether oxygens (including phenoxy) is 1. The second-order valence-corrected chi connectivity index (χ2v) is 6.56. The molecule has 0 spiro atoms. The van der Waals surface area contributed by atoms with E-state index in [-0.39, 0.29) is 12.5 Å². The molecule has 0 aliphatic heterocycles. The zero-order valence-corrected chi connectivity index (χ0v) is 15.6. The third kappa shape index (κ3) is 6.33. The van der Waals surface area contributed by atoms with Crippen molar-refractivity contribution in [2.45, 2.75) is 19.4 Å². The lowest BCUT2D eigenvalue weighted by atomic mass is 10.2. The molecule has 6 nitrogen and oxygen atoms in total. The summed E-state index contributed by atoms with van der Waals surface area (Å²) in [6, 6.07) is 17.4. The van der Waals surface area contributed by atoms with Crippen molar-refractivity contribution in [1.82, 2.24) is 10.6 Å². The molecule has 2 aromatic rings. The summed E-state index contributed by atoms with van der Waals surface area (Å²) >= 11 is 0. The molecule has 0 radical (unpaired) electrons. The monoisotopic (exact) mass is 366 g/mol. The van der Waals surface area contributed by atoms with Crippen molar-refractivity contribution >= 4 is 17.6 Å². The predicted molar refractivity (Wildman–Crippen MR) is 108 cm³/mol. The van der Waals surface area contributed by atoms with Gasteiger partial charge in [-0.15, -0.1) is 0 Å². The Labute approximate surface area is 160 Å². The number of carbonyl (C=O) groups is 1. The number of anilines is 1. The molecule has 6 heteroatoms. The fraction of sp³-hybridized carbons (Fsp3) is 0.333. The maximum absolute atomic E-state index is 12.0. The summed E-state index contributed by atoms with van der Waals surface area (Å²) in [5.41, 5.74) is 1.84. The minimum atomic E-state index is -0.127. The number of hydrogen-bond acceptors (Lipinski definition) is 3. The van der Waals surface area contributed by atoms with Crippen molar-refractivity contribution in [2.75, 3.05) is 25.5 Å². The first-order valence-electron chi connectivity index (χ1n) is 9.24. The van der Waals surface area contributed by atoms with Crippen molar-refractivity contribution in [3.63, 3.8) is 0 Å². The number of hydrogen-bond donors (Lipinski definition) is 3. The van der Waals surface area contributed by atoms with Crippen LogP contribution in [-0.2, 0) is 11.3 Å². The number of amides is 1. The highest BCUT2D eigenvalue weighted by molar-refractivity contribution is 5.94. The van der Waals surface area contributed by atoms with E-state index in [9.17, 15) is 4.79 Å². The first-order valence-corrected chi connectivity index (χ1v) is 9.24. The Bertz CT molecular complexity index is 773. The molecular weight excluding hydrogens is 340 g/mol. The molecule has 142 valence electrons. The molecule has 1 fully saturated rings. The zero-order valence-electron chi connectivity index (χ0n) is 15.6. The highest BCUT2D eigenvalue weighted by atomic mass is 16.5. The molecule has 1 aliphatic carbocycles. The van der Waals surface area contributed by atoms with E-state index in [1.165, 1.54) is 12.8 Å². The van der Waals surface area contributed by atoms with Gasteiger partial charge in [0.05, 0.1) is 13.2 Å². The maximum atomic E-state index is 12.0. The number of carbonyl (C=O) groups excluding carboxylic acids is 1. The van der Waals surface area contributed by atoms with Crippen molar-refractivity contribution in [2.24, 2.45) is 10.9 Å². The maximum Gasteiger partial charge on any atom is 0.243 e. The Morgan fingerprint density at radius 2 is 1.81 bits per heavy atom. The molecule has 1 amide bonds. The molecule has 0 aromatic heterocycles. The van der Waals surface area contributed by atoms with Crippen molar-refractivity contribution in [3.05, 3.63) is 60.2 Å². The molecule has 27 heavy (non-hydrogen) atoms. The van der Waals surface area contributed by atoms with Gasteiger partial charge in [-0.3, -0.25) is 9.79 Å². The van der Waals surface area contributed by atoms with E-state index in [2.05, 4.69) is 20.9 Å². The molecule has 2 aromatic carbocycles. The van der Waals surface area contributed by atoms with Crippen LogP contribution in [0.4, 0.5) is 5.69 Å². The van der Waals surface area contributed by atoms with Gasteiger partial charge in [0.25, 0.3) is 0 Å². The van der Waals surface area contributed by atoms with Gasteiger partial charge in [0.2, 0.25) is 5.91 Å². The van der Waals surface area contributed by atoms with Gasteiger partial charge < -0.3 is 20.7 Å². The normalized spacial score (nSPS) is 13.7. The van der Waals surface area contributed by atoms with E-state index in [4.69, 9.17) is 4.74 Å². The predicted octanol–water partition coefficient (Wildman–Crippen LogP) is 2.78. The Morgan fingerprint density at radius 3 is 2.56 bits per heavy atom. The number of nitrogens with one attached hydrogen (secondary N) is 3. The van der Waals surface area contributed by atoms with Gasteiger partial charge in [-0.05, 0) is 37.0 Å². The van der Waals surface area contributed by atoms with Crippen LogP contribution in [0.2, 0.25) is 0 Å². The molecular formula is C21H26N4O2. The first kappa shape index (κ1) is 18.8. The Hall–Kier alpha value is -3.02. The molecule has 0 bridgehead atoms. The minimum absolute atomic E-state index is 0.127. The van der Waals surface area contributed by atoms with E-state index in [1.54, 1.807) is 7.05 Å². The molecule has 1 saturated carbocycles. The van der Waals surface area contributed by atoms with Crippen molar-refractivity contribution in [3.8, 4) is 5.75 Å². The minimum Gasteiger partial charge on any atom is -0.493 e. The number of rotatable bonds is 8. The Kier molecular flexibility index (Phi) is 6.68. The van der Waals surface area contributed by atoms with Crippen LogP contribution in [-0.4, -0.2) is 32.1 Å². The molecule has 3 rings (SSSR count). The van der Waals surface area contributed by atoms with E-state index in [1.807, 2.05) is 54.6 Å². The molecule has 0 heterocycles. The summed E-state index contributed by atoms with van der Waals surface area (Å²) in [4.78, 5) is 16.2. The third-order valence-corrected chi connectivity index (χ3v) is 4.29. The van der Waals surface area contributed by atoms with Crippen LogP contribution in [0, 0.1) is 5.92 Å². The van der Waals surface area contributed by atoms with Gasteiger partial charge in [-0.25, -0.2) is 0 Å². The Balaban J connectivity index is 1.45. The summed E-state index contributed by atoms with van der Waals surface area (Å²) < 4.78 is 5.93. The molecule has 0 atom stereocenters. The fourth-order valence-corrected chi connectivity index (χ4v) is 2.57. The van der Waals surface area contributed by atoms with Gasteiger partial charge in [0.15, 0.2) is 5.96 Å². The second-order valence-electron chi connectivity index (χ2n) is 6.56. The van der Waals surface area contributed by atoms with Crippen molar-refractivity contribution in [1.29, 1.82) is 0 Å². The zero-order chi connectivity index (χ0) is 18.9. The lowest BCUT2D eigenvalue weighted by molar-refractivity contribution is -0.115. The number of benzene rings is 2. The lowest BCUT2D eigenvalue weighted by Gasteiger charge is -2.15. The van der Waals surface area contributed by atoms with Gasteiger partial charge >= 0.3 is 0 Å². The smallest absolute Gasteiger partial charge is 0.243 e. The standard InChI is InChI=1S/C21H26N4O2/c1-22-21(24-14-20(26)25-18-8-3-2-4-9-18)23-13-17-7-5-6-10-19(17)27-15-16-11-12-16/h2-10,16H,11-15H2,1H3,(H,25,26)(H2,22,23,24). The summed E-state index contributed by atoms with van der Waals surface area (Å²) in [6.45, 7) is 1.48. The quantitative estimate of drug-likeness (QED) is 0.496. The van der Waals surface area contributed by atoms with Gasteiger partial charge in [-0.2, -0.15) is 0 Å². The van der Waals surface area contributed by atoms with Gasteiger partial charge in [0, 0.05) is 24.8 Å². The van der Waals surface area contributed by atoms with Crippen LogP contribution < -0.4 is 20.7 Å². The van der Waals surface area contributed by atoms with Crippen LogP contribution in [0.3, 0.4) is 0 Å². The summed E-state index contributed by atoms with van der Waals surface area (Å²) in [5, 5.41) is 9.09. The Morgan fingerprint density at radius 1 is 1.07 bits per heavy atom. The lowest BCUT2D eigenvalue weighted by Crippen LogP contribution is -2.41. The largest absolute Gasteiger partial charge is 0.493 e. The topological polar surface area (TPSA) is 74.8 Å². The average molecular weight is 366 g/mol. The first-order chi connectivity index (χ1) is 13.2. The van der Waals surface area contributed by atoms with Crippen LogP contribution in [0.15, 0.2) is 59.6 Å². The molecule has 0 unspecified atom stereocenters. The molecule has 0 saturated heterocycles. The van der Waals surface area contributed by atoms with E-state index < -0.39 is 0 Å². The van der Waals surface area contributed by atoms with Crippen LogP contribution in [0.5, 0.6) is 5.75 Å². The summed E-state index contributed by atoms with van der Waals surface area (Å²) in [6.07, 6.45) is 2.53. The van der Waals surface area contributed by atoms with Crippen LogP contribution in [0.1, 0.15) is 18.4 Å². The number of aliphatic imine (C=N–C) groups is 1. The number of para-hydroxylation sites is 2. The molecule has 3 N–H and O–H groups in total. The third-order valence-electron chi connectivity index (χ3n) is 4.29. The van der Waals surface area contributed by atoms with Gasteiger partial charge in [0.1, 0.15) is 5.75 Å². The SMILES string of the molecule is CN=C(NCC(=O)Nc1ccccc1)NCc1ccccc1OCC1CC1. The van der Waals surface area contributed by atoms with Crippen LogP contribution >= 0.6 is 0 Å². The van der Waals surface area contributed by atoms with Crippen LogP contribution in [0.25, 0.3) is 0 Å². The van der Waals surface area contributed by atoms with E-state index >= 15 is 0 Å². The average Bonchev–Trinajstić information content (AvgIpc) is 3.52. The summed E-state index contributed by atoms with van der Waals surface area (Å²) in [7, 11) is 1.68. The second kappa shape index (κ2) is 9.62. The molecule has 1 aliphatic rings.